The van der Waals surface area contributed by atoms with Crippen LogP contribution in [0.1, 0.15) is 58.4 Å². The topological polar surface area (TPSA) is 60.2 Å². The molecule has 0 aliphatic carbocycles. The maximum atomic E-state index is 12.0. The minimum Gasteiger partial charge on any atom is -0.444 e. The normalized spacial score (nSPS) is 12.4. The van der Waals surface area contributed by atoms with E-state index < -0.39 is 14.6 Å². The molecule has 0 bridgehead atoms. The summed E-state index contributed by atoms with van der Waals surface area (Å²) >= 11 is 0. The molecule has 0 unspecified atom stereocenters. The predicted octanol–water partition coefficient (Wildman–Crippen LogP) is 5.05. The second kappa shape index (κ2) is 8.65. The van der Waals surface area contributed by atoms with Crippen molar-refractivity contribution < 1.29 is 12.8 Å². The van der Waals surface area contributed by atoms with Crippen molar-refractivity contribution in [3.63, 3.8) is 0 Å². The van der Waals surface area contributed by atoms with Crippen molar-refractivity contribution in [3.05, 3.63) is 42.4 Å². The van der Waals surface area contributed by atoms with Gasteiger partial charge in [0.2, 0.25) is 0 Å². The van der Waals surface area contributed by atoms with E-state index in [4.69, 9.17) is 4.42 Å². The highest BCUT2D eigenvalue weighted by atomic mass is 32.2. The highest BCUT2D eigenvalue weighted by Crippen LogP contribution is 2.20. The zero-order valence-electron chi connectivity index (χ0n) is 15.5. The third-order valence-electron chi connectivity index (χ3n) is 4.48. The van der Waals surface area contributed by atoms with Crippen molar-refractivity contribution in [1.29, 1.82) is 0 Å². The molecule has 0 fully saturated rings. The van der Waals surface area contributed by atoms with Crippen LogP contribution < -0.4 is 0 Å². The summed E-state index contributed by atoms with van der Waals surface area (Å²) in [4.78, 5) is 3.93. The van der Waals surface area contributed by atoms with Crippen LogP contribution in [0.2, 0.25) is 0 Å². The highest BCUT2D eigenvalue weighted by Gasteiger charge is 2.27. The molecule has 0 atom stereocenters. The number of oxazole rings is 1. The first-order valence-corrected chi connectivity index (χ1v) is 10.6. The lowest BCUT2D eigenvalue weighted by Crippen LogP contribution is -2.30. The summed E-state index contributed by atoms with van der Waals surface area (Å²) in [6.45, 7) is 5.32. The molecule has 0 spiro atoms. The lowest BCUT2D eigenvalue weighted by molar-refractivity contribution is 0.552. The minimum absolute atomic E-state index is 0.305. The smallest absolute Gasteiger partial charge is 0.181 e. The van der Waals surface area contributed by atoms with Gasteiger partial charge in [-0.3, -0.25) is 0 Å². The fourth-order valence-corrected chi connectivity index (χ4v) is 3.85. The Morgan fingerprint density at radius 2 is 1.60 bits per heavy atom. The lowest BCUT2D eigenvalue weighted by Gasteiger charge is -2.18. The number of rotatable bonds is 9. The number of aryl methyl sites for hydroxylation is 1. The summed E-state index contributed by atoms with van der Waals surface area (Å²) in [5.41, 5.74) is 2.36. The van der Waals surface area contributed by atoms with Crippen LogP contribution in [-0.2, 0) is 16.3 Å². The van der Waals surface area contributed by atoms with E-state index in [1.54, 1.807) is 27.0 Å². The summed E-state index contributed by atoms with van der Waals surface area (Å²) < 4.78 is 28.7. The largest absolute Gasteiger partial charge is 0.444 e. The van der Waals surface area contributed by atoms with E-state index in [0.29, 0.717) is 5.75 Å². The first kappa shape index (κ1) is 19.7. The molecule has 1 heterocycles. The summed E-state index contributed by atoms with van der Waals surface area (Å²) in [5.74, 6) is 1.09. The molecule has 2 rings (SSSR count). The molecule has 25 heavy (non-hydrogen) atoms. The van der Waals surface area contributed by atoms with E-state index in [-0.39, 0.29) is 0 Å². The van der Waals surface area contributed by atoms with Gasteiger partial charge in [-0.1, -0.05) is 43.5 Å². The van der Waals surface area contributed by atoms with E-state index in [0.717, 1.165) is 49.8 Å². The van der Waals surface area contributed by atoms with Crippen LogP contribution in [0.5, 0.6) is 0 Å². The Hall–Kier alpha value is -1.62. The number of nitrogens with zero attached hydrogens (tertiary/aromatic N) is 1. The minimum atomic E-state index is -2.97. The Balaban J connectivity index is 1.62. The van der Waals surface area contributed by atoms with Crippen LogP contribution in [-0.4, -0.2) is 23.9 Å². The second-order valence-corrected chi connectivity index (χ2v) is 10.4. The number of hydrogen-bond acceptors (Lipinski definition) is 4. The zero-order valence-corrected chi connectivity index (χ0v) is 16.3. The van der Waals surface area contributed by atoms with E-state index >= 15 is 0 Å². The van der Waals surface area contributed by atoms with Crippen LogP contribution in [0, 0.1) is 0 Å². The van der Waals surface area contributed by atoms with Gasteiger partial charge in [0, 0.05) is 5.56 Å². The van der Waals surface area contributed by atoms with Gasteiger partial charge in [0.15, 0.2) is 22.0 Å². The van der Waals surface area contributed by atoms with E-state index in [2.05, 4.69) is 29.2 Å². The molecule has 4 nitrogen and oxygen atoms in total. The number of hydrogen-bond donors (Lipinski definition) is 0. The Morgan fingerprint density at radius 3 is 2.20 bits per heavy atom. The molecule has 0 N–H and O–H groups in total. The first-order chi connectivity index (χ1) is 11.8. The first-order valence-electron chi connectivity index (χ1n) is 9.00. The average Bonchev–Trinajstić information content (AvgIpc) is 3.08. The number of aromatic nitrogens is 1. The monoisotopic (exact) mass is 363 g/mol. The molecule has 0 aliphatic rings. The lowest BCUT2D eigenvalue weighted by atomic mass is 10.0. The van der Waals surface area contributed by atoms with Gasteiger partial charge >= 0.3 is 0 Å². The van der Waals surface area contributed by atoms with Gasteiger partial charge in [-0.05, 0) is 45.6 Å². The summed E-state index contributed by atoms with van der Waals surface area (Å²) in [6.07, 6.45) is 9.33. The SMILES string of the molecule is CC(C)(C)S(=O)(=O)CCCCCCCc1ccc(-c2cnco2)cc1. The summed E-state index contributed by atoms with van der Waals surface area (Å²) in [5, 5.41) is 0. The van der Waals surface area contributed by atoms with Crippen LogP contribution in [0.25, 0.3) is 11.3 Å². The summed E-state index contributed by atoms with van der Waals surface area (Å²) in [7, 11) is -2.97. The number of benzene rings is 1. The van der Waals surface area contributed by atoms with Gasteiger partial charge in [-0.2, -0.15) is 0 Å². The van der Waals surface area contributed by atoms with Crippen molar-refractivity contribution in [1.82, 2.24) is 4.98 Å². The molecule has 0 radical (unpaired) electrons. The van der Waals surface area contributed by atoms with Crippen molar-refractivity contribution in [2.75, 3.05) is 5.75 Å². The van der Waals surface area contributed by atoms with Gasteiger partial charge in [0.25, 0.3) is 0 Å². The molecular weight excluding hydrogens is 334 g/mol. The van der Waals surface area contributed by atoms with Crippen LogP contribution in [0.15, 0.2) is 41.3 Å². The zero-order chi connectivity index (χ0) is 18.3. The van der Waals surface area contributed by atoms with E-state index in [9.17, 15) is 8.42 Å². The van der Waals surface area contributed by atoms with E-state index in [1.807, 2.05) is 0 Å². The molecular formula is C20H29NO3S. The molecule has 138 valence electrons. The standard InChI is InChI=1S/C20H29NO3S/c1-20(2,3)25(22,23)14-8-6-4-5-7-9-17-10-12-18(13-11-17)19-15-21-16-24-19/h10-13,15-16H,4-9,14H2,1-3H3. The fraction of sp³-hybridized carbons (Fsp3) is 0.550. The second-order valence-electron chi connectivity index (χ2n) is 7.51. The van der Waals surface area contributed by atoms with Crippen molar-refractivity contribution >= 4 is 9.84 Å². The maximum absolute atomic E-state index is 12.0. The third kappa shape index (κ3) is 5.99. The molecule has 0 saturated carbocycles. The van der Waals surface area contributed by atoms with Crippen molar-refractivity contribution in [2.24, 2.45) is 0 Å². The molecule has 1 aromatic heterocycles. The average molecular weight is 364 g/mol. The Morgan fingerprint density at radius 1 is 0.960 bits per heavy atom. The highest BCUT2D eigenvalue weighted by molar-refractivity contribution is 7.92. The molecule has 2 aromatic rings. The van der Waals surface area contributed by atoms with E-state index in [1.165, 1.54) is 12.0 Å². The number of sulfone groups is 1. The molecule has 0 aliphatic heterocycles. The Labute approximate surface area is 151 Å². The van der Waals surface area contributed by atoms with Crippen LogP contribution in [0.3, 0.4) is 0 Å². The Bertz CT molecular complexity index is 726. The maximum Gasteiger partial charge on any atom is 0.181 e. The quantitative estimate of drug-likeness (QED) is 0.585. The third-order valence-corrected chi connectivity index (χ3v) is 7.17. The van der Waals surface area contributed by atoms with Gasteiger partial charge < -0.3 is 4.42 Å². The molecule has 0 saturated heterocycles. The van der Waals surface area contributed by atoms with Gasteiger partial charge in [0.05, 0.1) is 16.7 Å². The molecule has 0 amide bonds. The number of unbranched alkanes of at least 4 members (excludes halogenated alkanes) is 4. The molecule has 1 aromatic carbocycles. The van der Waals surface area contributed by atoms with Gasteiger partial charge in [0.1, 0.15) is 0 Å². The fourth-order valence-electron chi connectivity index (χ4n) is 2.65. The van der Waals surface area contributed by atoms with Crippen molar-refractivity contribution in [3.8, 4) is 11.3 Å². The predicted molar refractivity (Wildman–Crippen MR) is 102 cm³/mol. The van der Waals surface area contributed by atoms with Crippen LogP contribution >= 0.6 is 0 Å². The van der Waals surface area contributed by atoms with Crippen molar-refractivity contribution in [2.45, 2.75) is 64.0 Å². The molecule has 5 heteroatoms. The Kier molecular flexibility index (Phi) is 6.82. The van der Waals surface area contributed by atoms with Crippen LogP contribution in [0.4, 0.5) is 0 Å². The van der Waals surface area contributed by atoms with Gasteiger partial charge in [-0.25, -0.2) is 13.4 Å². The van der Waals surface area contributed by atoms with Gasteiger partial charge in [-0.15, -0.1) is 0 Å². The summed E-state index contributed by atoms with van der Waals surface area (Å²) in [6, 6.07) is 8.39.